The Morgan fingerprint density at radius 1 is 1.24 bits per heavy atom. The molecule has 1 aromatic heterocycles. The minimum absolute atomic E-state index is 0.176. The van der Waals surface area contributed by atoms with E-state index in [1.54, 1.807) is 6.20 Å². The minimum atomic E-state index is -1.11. The second-order valence-corrected chi connectivity index (χ2v) is 6.48. The average molecular weight is 350 g/mol. The van der Waals surface area contributed by atoms with Crippen LogP contribution in [0.1, 0.15) is 42.9 Å². The molecule has 1 saturated carbocycles. The Morgan fingerprint density at radius 2 is 1.95 bits per heavy atom. The molecule has 3 rings (SSSR count). The summed E-state index contributed by atoms with van der Waals surface area (Å²) in [5.41, 5.74) is -0.230. The summed E-state index contributed by atoms with van der Waals surface area (Å²) in [5.74, 6) is 1.43. The van der Waals surface area contributed by atoms with Crippen molar-refractivity contribution in [2.24, 2.45) is 5.92 Å². The number of nitrogens with zero attached hydrogens (tertiary/aromatic N) is 1. The van der Waals surface area contributed by atoms with E-state index < -0.39 is 5.60 Å². The third-order valence-electron chi connectivity index (χ3n) is 4.38. The van der Waals surface area contributed by atoms with Gasteiger partial charge in [-0.25, -0.2) is 4.98 Å². The van der Waals surface area contributed by atoms with Crippen molar-refractivity contribution in [1.29, 1.82) is 0 Å². The number of alkyl halides is 1. The predicted molar refractivity (Wildman–Crippen MR) is 85.4 cm³/mol. The molecule has 0 spiro atoms. The molecule has 1 aliphatic rings. The molecule has 4 heteroatoms. The van der Waals surface area contributed by atoms with Gasteiger partial charge in [0.15, 0.2) is 5.60 Å². The van der Waals surface area contributed by atoms with E-state index in [1.807, 2.05) is 30.3 Å². The SMILES string of the molecule is OC(c1ccccc1)(c1ncc(CCBr)o1)C1CCCC1. The second kappa shape index (κ2) is 6.32. The fourth-order valence-corrected chi connectivity index (χ4v) is 3.65. The summed E-state index contributed by atoms with van der Waals surface area (Å²) in [7, 11) is 0. The smallest absolute Gasteiger partial charge is 0.231 e. The molecule has 21 heavy (non-hydrogen) atoms. The van der Waals surface area contributed by atoms with Crippen LogP contribution < -0.4 is 0 Å². The summed E-state index contributed by atoms with van der Waals surface area (Å²) >= 11 is 3.41. The summed E-state index contributed by atoms with van der Waals surface area (Å²) in [5, 5.41) is 12.3. The highest BCUT2D eigenvalue weighted by Gasteiger charge is 2.45. The molecule has 3 nitrogen and oxygen atoms in total. The van der Waals surface area contributed by atoms with Crippen LogP contribution in [0, 0.1) is 5.92 Å². The van der Waals surface area contributed by atoms with Gasteiger partial charge in [-0.2, -0.15) is 0 Å². The van der Waals surface area contributed by atoms with E-state index in [0.717, 1.165) is 48.8 Å². The lowest BCUT2D eigenvalue weighted by Gasteiger charge is -2.31. The van der Waals surface area contributed by atoms with Crippen molar-refractivity contribution in [3.8, 4) is 0 Å². The van der Waals surface area contributed by atoms with Gasteiger partial charge in [-0.3, -0.25) is 0 Å². The zero-order valence-corrected chi connectivity index (χ0v) is 13.6. The molecule has 0 bridgehead atoms. The van der Waals surface area contributed by atoms with Crippen molar-refractivity contribution in [1.82, 2.24) is 4.98 Å². The second-order valence-electron chi connectivity index (χ2n) is 5.68. The van der Waals surface area contributed by atoms with Crippen molar-refractivity contribution in [2.45, 2.75) is 37.7 Å². The van der Waals surface area contributed by atoms with Crippen molar-refractivity contribution >= 4 is 15.9 Å². The molecule has 0 saturated heterocycles. The first-order chi connectivity index (χ1) is 10.2. The monoisotopic (exact) mass is 349 g/mol. The Hall–Kier alpha value is -1.13. The number of halogens is 1. The van der Waals surface area contributed by atoms with Crippen LogP contribution in [-0.4, -0.2) is 15.4 Å². The molecule has 0 radical (unpaired) electrons. The first-order valence-corrected chi connectivity index (χ1v) is 8.66. The van der Waals surface area contributed by atoms with Gasteiger partial charge in [0.25, 0.3) is 0 Å². The van der Waals surface area contributed by atoms with Gasteiger partial charge in [0.2, 0.25) is 5.89 Å². The molecule has 1 aliphatic carbocycles. The Balaban J connectivity index is 2.02. The van der Waals surface area contributed by atoms with E-state index in [1.165, 1.54) is 0 Å². The van der Waals surface area contributed by atoms with Crippen LogP contribution in [0.15, 0.2) is 40.9 Å². The van der Waals surface area contributed by atoms with Crippen LogP contribution in [-0.2, 0) is 12.0 Å². The van der Waals surface area contributed by atoms with E-state index >= 15 is 0 Å². The first-order valence-electron chi connectivity index (χ1n) is 7.54. The van der Waals surface area contributed by atoms with E-state index in [-0.39, 0.29) is 5.92 Å². The Bertz CT molecular complexity index is 577. The normalized spacial score (nSPS) is 18.8. The van der Waals surface area contributed by atoms with Gasteiger partial charge >= 0.3 is 0 Å². The molecule has 0 amide bonds. The number of aromatic nitrogens is 1. The number of oxazole rings is 1. The third-order valence-corrected chi connectivity index (χ3v) is 4.78. The van der Waals surface area contributed by atoms with Gasteiger partial charge in [-0.1, -0.05) is 59.1 Å². The maximum atomic E-state index is 11.5. The van der Waals surface area contributed by atoms with Crippen LogP contribution in [0.4, 0.5) is 0 Å². The maximum Gasteiger partial charge on any atom is 0.231 e. The predicted octanol–water partition coefficient (Wildman–Crippen LogP) is 4.04. The zero-order valence-electron chi connectivity index (χ0n) is 12.0. The van der Waals surface area contributed by atoms with Crippen LogP contribution in [0.5, 0.6) is 0 Å². The molecule has 1 fully saturated rings. The molecule has 1 unspecified atom stereocenters. The standard InChI is InChI=1S/C17H20BrNO2/c18-11-10-15-12-19-16(21-15)17(20,14-8-4-5-9-14)13-6-2-1-3-7-13/h1-3,6-7,12,14,20H,4-5,8-11H2. The summed E-state index contributed by atoms with van der Waals surface area (Å²) in [6.45, 7) is 0. The van der Waals surface area contributed by atoms with Gasteiger partial charge in [0, 0.05) is 17.7 Å². The molecule has 2 aromatic rings. The van der Waals surface area contributed by atoms with Crippen LogP contribution in [0.25, 0.3) is 0 Å². The molecule has 112 valence electrons. The van der Waals surface area contributed by atoms with Gasteiger partial charge < -0.3 is 9.52 Å². The number of benzene rings is 1. The van der Waals surface area contributed by atoms with E-state index in [4.69, 9.17) is 4.42 Å². The van der Waals surface area contributed by atoms with Crippen LogP contribution in [0.2, 0.25) is 0 Å². The van der Waals surface area contributed by atoms with E-state index in [2.05, 4.69) is 20.9 Å². The highest BCUT2D eigenvalue weighted by molar-refractivity contribution is 9.09. The van der Waals surface area contributed by atoms with Gasteiger partial charge in [-0.05, 0) is 18.4 Å². The molecule has 1 aromatic carbocycles. The topological polar surface area (TPSA) is 46.3 Å². The summed E-state index contributed by atoms with van der Waals surface area (Å²) in [6, 6.07) is 9.80. The number of aryl methyl sites for hydroxylation is 1. The first kappa shape index (κ1) is 14.8. The fraction of sp³-hybridized carbons (Fsp3) is 0.471. The zero-order chi connectivity index (χ0) is 14.7. The van der Waals surface area contributed by atoms with E-state index in [9.17, 15) is 5.11 Å². The van der Waals surface area contributed by atoms with E-state index in [0.29, 0.717) is 5.89 Å². The van der Waals surface area contributed by atoms with Crippen molar-refractivity contribution in [3.63, 3.8) is 0 Å². The number of hydrogen-bond acceptors (Lipinski definition) is 3. The largest absolute Gasteiger partial charge is 0.442 e. The molecule has 0 aliphatic heterocycles. The molecular formula is C17H20BrNO2. The van der Waals surface area contributed by atoms with Crippen molar-refractivity contribution in [3.05, 3.63) is 53.7 Å². The molecular weight excluding hydrogens is 330 g/mol. The molecule has 1 heterocycles. The lowest BCUT2D eigenvalue weighted by molar-refractivity contribution is -0.00672. The maximum absolute atomic E-state index is 11.5. The van der Waals surface area contributed by atoms with Gasteiger partial charge in [0.05, 0.1) is 6.20 Å². The molecule has 1 atom stereocenters. The highest BCUT2D eigenvalue weighted by atomic mass is 79.9. The highest BCUT2D eigenvalue weighted by Crippen LogP contribution is 2.44. The van der Waals surface area contributed by atoms with Gasteiger partial charge in [0.1, 0.15) is 5.76 Å². The molecule has 1 N–H and O–H groups in total. The Morgan fingerprint density at radius 3 is 2.62 bits per heavy atom. The number of aliphatic hydroxyl groups is 1. The third kappa shape index (κ3) is 2.79. The number of hydrogen-bond donors (Lipinski definition) is 1. The summed E-state index contributed by atoms with van der Waals surface area (Å²) < 4.78 is 5.86. The van der Waals surface area contributed by atoms with Crippen molar-refractivity contribution in [2.75, 3.05) is 5.33 Å². The Kier molecular flexibility index (Phi) is 4.45. The average Bonchev–Trinajstić information content (AvgIpc) is 3.20. The number of rotatable bonds is 5. The summed E-state index contributed by atoms with van der Waals surface area (Å²) in [6.07, 6.45) is 6.87. The lowest BCUT2D eigenvalue weighted by atomic mass is 9.80. The fourth-order valence-electron chi connectivity index (χ4n) is 3.26. The van der Waals surface area contributed by atoms with Crippen LogP contribution >= 0.6 is 15.9 Å². The van der Waals surface area contributed by atoms with Gasteiger partial charge in [-0.15, -0.1) is 0 Å². The lowest BCUT2D eigenvalue weighted by Crippen LogP contribution is -2.35. The van der Waals surface area contributed by atoms with Crippen LogP contribution in [0.3, 0.4) is 0 Å². The quantitative estimate of drug-likeness (QED) is 0.828. The summed E-state index contributed by atoms with van der Waals surface area (Å²) in [4.78, 5) is 4.39. The Labute approximate surface area is 133 Å². The van der Waals surface area contributed by atoms with Crippen molar-refractivity contribution < 1.29 is 9.52 Å². The minimum Gasteiger partial charge on any atom is -0.442 e.